The van der Waals surface area contributed by atoms with Crippen molar-refractivity contribution in [2.45, 2.75) is 57.8 Å². The Bertz CT molecular complexity index is 391. The van der Waals surface area contributed by atoms with Crippen molar-refractivity contribution in [2.75, 3.05) is 0 Å². The van der Waals surface area contributed by atoms with Crippen molar-refractivity contribution in [3.05, 3.63) is 17.3 Å². The molecular formula is C13H19NO3. The molecule has 0 bridgehead atoms. The third-order valence-corrected chi connectivity index (χ3v) is 3.40. The summed E-state index contributed by atoms with van der Waals surface area (Å²) in [5.74, 6) is 0.848. The molecule has 1 aromatic heterocycles. The molecule has 0 aromatic carbocycles. The van der Waals surface area contributed by atoms with Crippen LogP contribution in [-0.4, -0.2) is 16.1 Å². The lowest BCUT2D eigenvalue weighted by molar-refractivity contribution is -0.136. The first kappa shape index (κ1) is 12.1. The molecule has 94 valence electrons. The zero-order valence-corrected chi connectivity index (χ0v) is 10.2. The average Bonchev–Trinajstić information content (AvgIpc) is 2.72. The smallest absolute Gasteiger partial charge is 0.311 e. The summed E-state index contributed by atoms with van der Waals surface area (Å²) in [6.07, 6.45) is 6.67. The number of carbonyl (C=O) groups is 1. The minimum Gasteiger partial charge on any atom is -0.481 e. The van der Waals surface area contributed by atoms with Crippen molar-refractivity contribution >= 4 is 5.97 Å². The molecule has 0 spiro atoms. The van der Waals surface area contributed by atoms with Crippen LogP contribution in [0.4, 0.5) is 0 Å². The molecule has 0 saturated heterocycles. The first-order valence-corrected chi connectivity index (χ1v) is 6.41. The third kappa shape index (κ3) is 2.87. The van der Waals surface area contributed by atoms with Crippen LogP contribution in [0, 0.1) is 0 Å². The number of rotatable bonds is 4. The zero-order valence-electron chi connectivity index (χ0n) is 10.2. The van der Waals surface area contributed by atoms with Gasteiger partial charge in [0.2, 0.25) is 0 Å². The molecule has 1 saturated carbocycles. The van der Waals surface area contributed by atoms with E-state index >= 15 is 0 Å². The summed E-state index contributed by atoms with van der Waals surface area (Å²) in [4.78, 5) is 15.2. The number of nitrogens with zero attached hydrogens (tertiary/aromatic N) is 1. The van der Waals surface area contributed by atoms with E-state index in [-0.39, 0.29) is 6.42 Å². The lowest BCUT2D eigenvalue weighted by atomic mass is 9.89. The number of carboxylic acid groups (broad SMARTS) is 1. The van der Waals surface area contributed by atoms with Gasteiger partial charge < -0.3 is 9.52 Å². The fraction of sp³-hybridized carbons (Fsp3) is 0.692. The number of carboxylic acids is 1. The molecule has 1 heterocycles. The van der Waals surface area contributed by atoms with Crippen LogP contribution in [-0.2, 0) is 17.6 Å². The van der Waals surface area contributed by atoms with Crippen LogP contribution in [0.5, 0.6) is 0 Å². The van der Waals surface area contributed by atoms with Crippen molar-refractivity contribution in [3.63, 3.8) is 0 Å². The maximum Gasteiger partial charge on any atom is 0.311 e. The Labute approximate surface area is 101 Å². The van der Waals surface area contributed by atoms with Crippen molar-refractivity contribution in [1.82, 2.24) is 4.98 Å². The van der Waals surface area contributed by atoms with Crippen LogP contribution in [0.25, 0.3) is 0 Å². The van der Waals surface area contributed by atoms with Gasteiger partial charge in [0.05, 0.1) is 5.69 Å². The fourth-order valence-corrected chi connectivity index (χ4v) is 2.48. The average molecular weight is 237 g/mol. The molecule has 0 unspecified atom stereocenters. The number of aryl methyl sites for hydroxylation is 1. The molecule has 1 aliphatic carbocycles. The summed E-state index contributed by atoms with van der Waals surface area (Å²) in [6, 6.07) is 0. The maximum atomic E-state index is 10.7. The van der Waals surface area contributed by atoms with Crippen molar-refractivity contribution < 1.29 is 14.3 Å². The summed E-state index contributed by atoms with van der Waals surface area (Å²) in [6.45, 7) is 1.98. The predicted molar refractivity (Wildman–Crippen MR) is 63.0 cm³/mol. The van der Waals surface area contributed by atoms with Gasteiger partial charge in [-0.3, -0.25) is 4.79 Å². The van der Waals surface area contributed by atoms with Crippen LogP contribution < -0.4 is 0 Å². The Morgan fingerprint density at radius 3 is 2.71 bits per heavy atom. The zero-order chi connectivity index (χ0) is 12.3. The van der Waals surface area contributed by atoms with E-state index in [1.165, 1.54) is 19.3 Å². The van der Waals surface area contributed by atoms with Gasteiger partial charge in [0, 0.05) is 5.92 Å². The molecule has 17 heavy (non-hydrogen) atoms. The SMILES string of the molecule is CCc1nc(C2CCCCC2)oc1CC(=O)O. The van der Waals surface area contributed by atoms with Crippen LogP contribution in [0.2, 0.25) is 0 Å². The topological polar surface area (TPSA) is 63.3 Å². The number of hydrogen-bond acceptors (Lipinski definition) is 3. The second-order valence-electron chi connectivity index (χ2n) is 4.68. The lowest BCUT2D eigenvalue weighted by Gasteiger charge is -2.17. The van der Waals surface area contributed by atoms with Crippen LogP contribution in [0.3, 0.4) is 0 Å². The normalized spacial score (nSPS) is 17.2. The second-order valence-corrected chi connectivity index (χ2v) is 4.68. The monoisotopic (exact) mass is 237 g/mol. The highest BCUT2D eigenvalue weighted by Crippen LogP contribution is 2.33. The van der Waals surface area contributed by atoms with E-state index in [1.807, 2.05) is 6.92 Å². The van der Waals surface area contributed by atoms with Gasteiger partial charge in [-0.25, -0.2) is 4.98 Å². The number of oxazole rings is 1. The largest absolute Gasteiger partial charge is 0.481 e. The predicted octanol–water partition coefficient (Wildman–Crippen LogP) is 2.91. The molecule has 0 atom stereocenters. The van der Waals surface area contributed by atoms with Gasteiger partial charge in [0.1, 0.15) is 12.2 Å². The Hall–Kier alpha value is -1.32. The highest BCUT2D eigenvalue weighted by molar-refractivity contribution is 5.69. The van der Waals surface area contributed by atoms with Gasteiger partial charge in [0.15, 0.2) is 5.89 Å². The Morgan fingerprint density at radius 1 is 1.41 bits per heavy atom. The van der Waals surface area contributed by atoms with Crippen LogP contribution >= 0.6 is 0 Å². The summed E-state index contributed by atoms with van der Waals surface area (Å²) < 4.78 is 5.66. The molecule has 2 rings (SSSR count). The Balaban J connectivity index is 2.17. The molecule has 1 N–H and O–H groups in total. The van der Waals surface area contributed by atoms with Gasteiger partial charge in [-0.2, -0.15) is 0 Å². The summed E-state index contributed by atoms with van der Waals surface area (Å²) in [5.41, 5.74) is 0.813. The Kier molecular flexibility index (Phi) is 3.82. The molecule has 0 radical (unpaired) electrons. The van der Waals surface area contributed by atoms with Gasteiger partial charge >= 0.3 is 5.97 Å². The lowest BCUT2D eigenvalue weighted by Crippen LogP contribution is -2.04. The van der Waals surface area contributed by atoms with E-state index in [0.717, 1.165) is 30.8 Å². The van der Waals surface area contributed by atoms with E-state index in [0.29, 0.717) is 11.7 Å². The second kappa shape index (κ2) is 5.34. The van der Waals surface area contributed by atoms with E-state index in [2.05, 4.69) is 4.98 Å². The molecule has 1 aromatic rings. The highest BCUT2D eigenvalue weighted by Gasteiger charge is 2.23. The highest BCUT2D eigenvalue weighted by atomic mass is 16.4. The first-order chi connectivity index (χ1) is 8.20. The Morgan fingerprint density at radius 2 is 2.12 bits per heavy atom. The number of hydrogen-bond donors (Lipinski definition) is 1. The summed E-state index contributed by atoms with van der Waals surface area (Å²) >= 11 is 0. The quantitative estimate of drug-likeness (QED) is 0.874. The van der Waals surface area contributed by atoms with Crippen LogP contribution in [0.1, 0.15) is 62.3 Å². The number of aromatic nitrogens is 1. The summed E-state index contributed by atoms with van der Waals surface area (Å²) in [5, 5.41) is 8.82. The molecule has 0 amide bonds. The maximum absolute atomic E-state index is 10.7. The molecule has 4 heteroatoms. The minimum absolute atomic E-state index is 0.0527. The van der Waals surface area contributed by atoms with Crippen molar-refractivity contribution in [1.29, 1.82) is 0 Å². The molecule has 1 fully saturated rings. The van der Waals surface area contributed by atoms with E-state index in [1.54, 1.807) is 0 Å². The van der Waals surface area contributed by atoms with E-state index in [4.69, 9.17) is 9.52 Å². The first-order valence-electron chi connectivity index (χ1n) is 6.41. The minimum atomic E-state index is -0.856. The van der Waals surface area contributed by atoms with Gasteiger partial charge in [0.25, 0.3) is 0 Å². The molecule has 1 aliphatic rings. The molecule has 4 nitrogen and oxygen atoms in total. The van der Waals surface area contributed by atoms with Gasteiger partial charge in [-0.1, -0.05) is 26.2 Å². The molecule has 0 aliphatic heterocycles. The standard InChI is InChI=1S/C13H19NO3/c1-2-10-11(8-12(15)16)17-13(14-10)9-6-4-3-5-7-9/h9H,2-8H2,1H3,(H,15,16). The summed E-state index contributed by atoms with van der Waals surface area (Å²) in [7, 11) is 0. The van der Waals surface area contributed by atoms with E-state index < -0.39 is 5.97 Å². The van der Waals surface area contributed by atoms with E-state index in [9.17, 15) is 4.79 Å². The number of aliphatic carboxylic acids is 1. The van der Waals surface area contributed by atoms with Gasteiger partial charge in [-0.15, -0.1) is 0 Å². The van der Waals surface area contributed by atoms with Crippen LogP contribution in [0.15, 0.2) is 4.42 Å². The van der Waals surface area contributed by atoms with Crippen molar-refractivity contribution in [3.8, 4) is 0 Å². The molecular weight excluding hydrogens is 218 g/mol. The fourth-order valence-electron chi connectivity index (χ4n) is 2.48. The van der Waals surface area contributed by atoms with Crippen molar-refractivity contribution in [2.24, 2.45) is 0 Å². The third-order valence-electron chi connectivity index (χ3n) is 3.40. The van der Waals surface area contributed by atoms with Gasteiger partial charge in [-0.05, 0) is 19.3 Å².